The number of para-hydroxylation sites is 2. The van der Waals surface area contributed by atoms with Gasteiger partial charge in [-0.1, -0.05) is 31.5 Å². The first kappa shape index (κ1) is 46.2. The molecule has 0 bridgehead atoms. The number of benzene rings is 2. The Hall–Kier alpha value is -4.52. The number of aryl methyl sites for hydroxylation is 2. The summed E-state index contributed by atoms with van der Waals surface area (Å²) in [5.41, 5.74) is 2.74. The van der Waals surface area contributed by atoms with Crippen molar-refractivity contribution in [2.45, 2.75) is 130 Å². The van der Waals surface area contributed by atoms with Crippen molar-refractivity contribution in [3.05, 3.63) is 47.8 Å². The maximum atomic E-state index is 13.1. The Balaban J connectivity index is 0.000000257. The van der Waals surface area contributed by atoms with Crippen LogP contribution in [0.25, 0.3) is 11.0 Å². The third kappa shape index (κ3) is 13.3. The monoisotopic (exact) mass is 808 g/mol. The second-order valence-corrected chi connectivity index (χ2v) is 17.3. The van der Waals surface area contributed by atoms with Crippen LogP contribution in [0.2, 0.25) is 0 Å². The van der Waals surface area contributed by atoms with Gasteiger partial charge in [0.05, 0.1) is 31.3 Å². The average molecular weight is 808 g/mol. The van der Waals surface area contributed by atoms with Gasteiger partial charge in [-0.25, -0.2) is 14.6 Å². The second-order valence-electron chi connectivity index (χ2n) is 17.3. The van der Waals surface area contributed by atoms with Crippen molar-refractivity contribution in [3.63, 3.8) is 0 Å². The summed E-state index contributed by atoms with van der Waals surface area (Å²) in [6, 6.07) is 11.9. The Kier molecular flexibility index (Phi) is 17.1. The van der Waals surface area contributed by atoms with Crippen LogP contribution >= 0.6 is 0 Å². The molecule has 0 radical (unpaired) electrons. The Morgan fingerprint density at radius 2 is 1.41 bits per heavy atom. The van der Waals surface area contributed by atoms with Gasteiger partial charge >= 0.3 is 12.2 Å². The van der Waals surface area contributed by atoms with Gasteiger partial charge in [0, 0.05) is 52.4 Å². The van der Waals surface area contributed by atoms with Gasteiger partial charge in [0.1, 0.15) is 34.0 Å². The van der Waals surface area contributed by atoms with Gasteiger partial charge in [-0.2, -0.15) is 0 Å². The zero-order chi connectivity index (χ0) is 42.5. The summed E-state index contributed by atoms with van der Waals surface area (Å²) in [5, 5.41) is 3.07. The lowest BCUT2D eigenvalue weighted by Crippen LogP contribution is -2.45. The highest BCUT2D eigenvalue weighted by atomic mass is 16.6. The van der Waals surface area contributed by atoms with E-state index in [1.165, 1.54) is 0 Å². The first-order valence-electron chi connectivity index (χ1n) is 21.0. The van der Waals surface area contributed by atoms with Gasteiger partial charge in [-0.05, 0) is 117 Å². The molecule has 0 aliphatic carbocycles. The van der Waals surface area contributed by atoms with E-state index >= 15 is 0 Å². The zero-order valence-electron chi connectivity index (χ0n) is 36.8. The number of hydrogen-bond acceptors (Lipinski definition) is 9. The Morgan fingerprint density at radius 3 is 2.03 bits per heavy atom. The van der Waals surface area contributed by atoms with Gasteiger partial charge in [0.15, 0.2) is 0 Å². The summed E-state index contributed by atoms with van der Waals surface area (Å²) in [6.45, 7) is 17.4. The summed E-state index contributed by atoms with van der Waals surface area (Å²) in [6.07, 6.45) is 7.85. The SMILES string of the molecule is CCCCn1c([C@@H]2CCCN(C(=O)OC(C)(C)C)C2)nc2c(OC)cccc21.COCCCCc1cccc(OC)c1NC(=O)[C@@H]1CCCN(C(=O)OC(C)(C)C)C1. The largest absolute Gasteiger partial charge is 0.495 e. The summed E-state index contributed by atoms with van der Waals surface area (Å²) in [5.74, 6) is 2.33. The average Bonchev–Trinajstić information content (AvgIpc) is 3.57. The van der Waals surface area contributed by atoms with E-state index in [4.69, 9.17) is 28.7 Å². The number of carbonyl (C=O) groups is 3. The third-order valence-electron chi connectivity index (χ3n) is 10.2. The number of piperidine rings is 2. The number of anilines is 1. The van der Waals surface area contributed by atoms with Gasteiger partial charge in [0.25, 0.3) is 0 Å². The third-order valence-corrected chi connectivity index (χ3v) is 10.2. The number of imidazole rings is 1. The number of rotatable bonds is 13. The number of likely N-dealkylation sites (tertiary alicyclic amines) is 2. The van der Waals surface area contributed by atoms with Gasteiger partial charge in [-0.15, -0.1) is 0 Å². The van der Waals surface area contributed by atoms with E-state index in [0.717, 1.165) is 105 Å². The fourth-order valence-corrected chi connectivity index (χ4v) is 7.41. The van der Waals surface area contributed by atoms with Crippen molar-refractivity contribution in [1.82, 2.24) is 19.4 Å². The van der Waals surface area contributed by atoms with Crippen LogP contribution in [0.3, 0.4) is 0 Å². The molecule has 2 fully saturated rings. The van der Waals surface area contributed by atoms with Crippen molar-refractivity contribution in [2.75, 3.05) is 59.4 Å². The molecule has 2 aromatic carbocycles. The van der Waals surface area contributed by atoms with E-state index in [-0.39, 0.29) is 29.9 Å². The van der Waals surface area contributed by atoms with Crippen molar-refractivity contribution in [2.24, 2.45) is 5.92 Å². The number of carbonyl (C=O) groups excluding carboxylic acids is 3. The number of ether oxygens (including phenoxy) is 5. The molecular formula is C45H69N5O8. The Bertz CT molecular complexity index is 1800. The van der Waals surface area contributed by atoms with Crippen LogP contribution in [0.15, 0.2) is 36.4 Å². The highest BCUT2D eigenvalue weighted by Gasteiger charge is 2.33. The Labute approximate surface area is 346 Å². The predicted molar refractivity (Wildman–Crippen MR) is 228 cm³/mol. The summed E-state index contributed by atoms with van der Waals surface area (Å²) in [7, 11) is 4.98. The number of methoxy groups -OCH3 is 3. The molecule has 2 atom stereocenters. The molecule has 2 aliphatic heterocycles. The number of unbranched alkanes of at least 4 members (excludes halogenated alkanes) is 2. The lowest BCUT2D eigenvalue weighted by Gasteiger charge is -2.34. The summed E-state index contributed by atoms with van der Waals surface area (Å²) < 4.78 is 29.5. The minimum Gasteiger partial charge on any atom is -0.495 e. The number of amides is 3. The number of hydrogen-bond donors (Lipinski definition) is 1. The smallest absolute Gasteiger partial charge is 0.410 e. The molecule has 2 aliphatic rings. The van der Waals surface area contributed by atoms with E-state index < -0.39 is 11.2 Å². The normalized spacial score (nSPS) is 17.3. The lowest BCUT2D eigenvalue weighted by molar-refractivity contribution is -0.121. The number of fused-ring (bicyclic) bond motifs is 1. The van der Waals surface area contributed by atoms with Crippen LogP contribution < -0.4 is 14.8 Å². The Morgan fingerprint density at radius 1 is 0.793 bits per heavy atom. The molecule has 1 aromatic heterocycles. The molecule has 13 heteroatoms. The van der Waals surface area contributed by atoms with Gasteiger partial charge in [-0.3, -0.25) is 4.79 Å². The molecular weight excluding hydrogens is 739 g/mol. The van der Waals surface area contributed by atoms with E-state index in [2.05, 4.69) is 22.9 Å². The molecule has 0 unspecified atom stereocenters. The molecule has 3 heterocycles. The fraction of sp³-hybridized carbons (Fsp3) is 0.644. The van der Waals surface area contributed by atoms with Crippen molar-refractivity contribution < 1.29 is 38.1 Å². The molecule has 3 amide bonds. The van der Waals surface area contributed by atoms with Crippen molar-refractivity contribution in [1.29, 1.82) is 0 Å². The van der Waals surface area contributed by atoms with Crippen LogP contribution in [0, 0.1) is 5.92 Å². The number of nitrogens with zero attached hydrogens (tertiary/aromatic N) is 4. The molecule has 322 valence electrons. The highest BCUT2D eigenvalue weighted by molar-refractivity contribution is 5.95. The zero-order valence-corrected chi connectivity index (χ0v) is 36.8. The van der Waals surface area contributed by atoms with Gasteiger partial charge in [0.2, 0.25) is 5.91 Å². The second kappa shape index (κ2) is 21.5. The van der Waals surface area contributed by atoms with Crippen LogP contribution in [-0.2, 0) is 32.0 Å². The standard InChI is InChI=1S/C23H36N2O5.C22H33N3O3/c1-23(2,3)30-22(27)25-14-9-12-18(16-25)21(26)24-20-17(10-6-7-15-28-4)11-8-13-19(20)29-5;1-6-7-14-25-17-11-8-12-18(27-5)19(17)23-20(25)16-10-9-13-24(15-16)21(26)28-22(2,3)4/h8,11,13,18H,6-7,9-10,12,14-16H2,1-5H3,(H,24,26);8,11-12,16H,6-7,9-10,13-15H2,1-5H3/t18-;16-/m11/s1. The molecule has 0 saturated carbocycles. The predicted octanol–water partition coefficient (Wildman–Crippen LogP) is 9.21. The fourth-order valence-electron chi connectivity index (χ4n) is 7.41. The van der Waals surface area contributed by atoms with E-state index in [1.54, 1.807) is 26.2 Å². The quantitative estimate of drug-likeness (QED) is 0.168. The van der Waals surface area contributed by atoms with Gasteiger partial charge < -0.3 is 43.4 Å². The molecule has 0 spiro atoms. The van der Waals surface area contributed by atoms with Crippen LogP contribution in [-0.4, -0.2) is 103 Å². The first-order chi connectivity index (χ1) is 27.6. The summed E-state index contributed by atoms with van der Waals surface area (Å²) >= 11 is 0. The van der Waals surface area contributed by atoms with E-state index in [0.29, 0.717) is 32.0 Å². The van der Waals surface area contributed by atoms with Crippen LogP contribution in [0.5, 0.6) is 11.5 Å². The molecule has 3 aromatic rings. The maximum absolute atomic E-state index is 13.1. The van der Waals surface area contributed by atoms with Crippen LogP contribution in [0.1, 0.15) is 117 Å². The molecule has 5 rings (SSSR count). The number of aromatic nitrogens is 2. The van der Waals surface area contributed by atoms with E-state index in [1.807, 2.05) is 76.8 Å². The molecule has 2 saturated heterocycles. The topological polar surface area (TPSA) is 134 Å². The maximum Gasteiger partial charge on any atom is 0.410 e. The van der Waals surface area contributed by atoms with Crippen LogP contribution in [0.4, 0.5) is 15.3 Å². The van der Waals surface area contributed by atoms with E-state index in [9.17, 15) is 14.4 Å². The van der Waals surface area contributed by atoms with Crippen molar-refractivity contribution in [3.8, 4) is 11.5 Å². The highest BCUT2D eigenvalue weighted by Crippen LogP contribution is 2.34. The lowest BCUT2D eigenvalue weighted by atomic mass is 9.96. The van der Waals surface area contributed by atoms with Crippen molar-refractivity contribution >= 4 is 34.8 Å². The minimum atomic E-state index is -0.554. The minimum absolute atomic E-state index is 0.0918. The first-order valence-corrected chi connectivity index (χ1v) is 21.0. The molecule has 13 nitrogen and oxygen atoms in total. The number of nitrogens with one attached hydrogen (secondary N) is 1. The summed E-state index contributed by atoms with van der Waals surface area (Å²) in [4.78, 5) is 46.5. The molecule has 58 heavy (non-hydrogen) atoms. The molecule has 1 N–H and O–H groups in total.